The monoisotopic (exact) mass is 343 g/mol. The summed E-state index contributed by atoms with van der Waals surface area (Å²) in [5.74, 6) is -1.30. The molecule has 0 radical (unpaired) electrons. The van der Waals surface area contributed by atoms with E-state index in [0.29, 0.717) is 22.4 Å². The van der Waals surface area contributed by atoms with E-state index in [0.717, 1.165) is 0 Å². The third-order valence-corrected chi connectivity index (χ3v) is 3.37. The molecular weight excluding hydrogens is 325 g/mol. The van der Waals surface area contributed by atoms with Gasteiger partial charge in [0.05, 0.1) is 6.21 Å². The van der Waals surface area contributed by atoms with Gasteiger partial charge in [0.1, 0.15) is 18.0 Å². The molecule has 0 aliphatic heterocycles. The largest absolute Gasteiger partial charge is 0.507 e. The Labute approximate surface area is 144 Å². The molecule has 0 aromatic heterocycles. The second kappa shape index (κ2) is 8.05. The number of nitrogens with one attached hydrogen (secondary N) is 2. The molecule has 6 nitrogen and oxygen atoms in total. The van der Waals surface area contributed by atoms with Crippen LogP contribution in [0, 0.1) is 19.7 Å². The molecule has 0 heterocycles. The summed E-state index contributed by atoms with van der Waals surface area (Å²) in [6.07, 6.45) is 1.01. The highest BCUT2D eigenvalue weighted by molar-refractivity contribution is 6.03. The van der Waals surface area contributed by atoms with Crippen molar-refractivity contribution in [1.82, 2.24) is 5.43 Å². The Bertz CT molecular complexity index is 794. The van der Waals surface area contributed by atoms with Crippen LogP contribution in [0.5, 0.6) is 5.75 Å². The van der Waals surface area contributed by atoms with E-state index >= 15 is 0 Å². The number of phenols is 1. The predicted molar refractivity (Wildman–Crippen MR) is 93.0 cm³/mol. The zero-order chi connectivity index (χ0) is 18.4. The summed E-state index contributed by atoms with van der Waals surface area (Å²) < 4.78 is 12.8. The number of phenolic OH excluding ortho intramolecular Hbond substituents is 1. The lowest BCUT2D eigenvalue weighted by Gasteiger charge is -2.05. The van der Waals surface area contributed by atoms with E-state index in [-0.39, 0.29) is 5.75 Å². The first-order valence-corrected chi connectivity index (χ1v) is 7.52. The van der Waals surface area contributed by atoms with Crippen LogP contribution in [0.4, 0.5) is 10.1 Å². The molecule has 0 fully saturated rings. The molecule has 2 aromatic carbocycles. The average Bonchev–Trinajstić information content (AvgIpc) is 2.54. The minimum absolute atomic E-state index is 0.221. The van der Waals surface area contributed by atoms with E-state index in [9.17, 15) is 19.1 Å². The fourth-order valence-corrected chi connectivity index (χ4v) is 2.17. The van der Waals surface area contributed by atoms with Crippen LogP contribution in [-0.4, -0.2) is 23.1 Å². The number of halogens is 1. The molecule has 0 atom stereocenters. The first-order chi connectivity index (χ1) is 11.8. The van der Waals surface area contributed by atoms with Crippen LogP contribution in [0.25, 0.3) is 0 Å². The number of nitrogens with zero attached hydrogens (tertiary/aromatic N) is 1. The van der Waals surface area contributed by atoms with Gasteiger partial charge in [0, 0.05) is 5.69 Å². The fraction of sp³-hybridized carbons (Fsp3) is 0.167. The maximum Gasteiger partial charge on any atom is 0.249 e. The Kier molecular flexibility index (Phi) is 5.84. The number of hydrogen-bond acceptors (Lipinski definition) is 4. The number of anilines is 1. The van der Waals surface area contributed by atoms with Crippen molar-refractivity contribution < 1.29 is 19.1 Å². The van der Waals surface area contributed by atoms with Crippen molar-refractivity contribution in [3.05, 3.63) is 58.9 Å². The standard InChI is InChI=1S/C18H18FN3O3/c1-11-7-13(8-12(2)18(11)25)10-20-22-17(24)9-16(23)21-15-5-3-14(19)4-6-15/h3-8,10,25H,9H2,1-2H3,(H,21,23)(H,22,24)/b20-10+. The van der Waals surface area contributed by atoms with Gasteiger partial charge in [-0.1, -0.05) is 0 Å². The zero-order valence-electron chi connectivity index (χ0n) is 13.8. The van der Waals surface area contributed by atoms with Crippen molar-refractivity contribution in [3.63, 3.8) is 0 Å². The molecule has 0 saturated heterocycles. The van der Waals surface area contributed by atoms with Crippen molar-refractivity contribution in [2.24, 2.45) is 5.10 Å². The van der Waals surface area contributed by atoms with Crippen LogP contribution in [0.2, 0.25) is 0 Å². The molecule has 2 amide bonds. The van der Waals surface area contributed by atoms with Gasteiger partial charge in [0.25, 0.3) is 0 Å². The number of carbonyl (C=O) groups is 2. The molecule has 0 saturated carbocycles. The highest BCUT2D eigenvalue weighted by atomic mass is 19.1. The molecular formula is C18H18FN3O3. The number of carbonyl (C=O) groups excluding carboxylic acids is 2. The second-order valence-electron chi connectivity index (χ2n) is 5.53. The number of aromatic hydroxyl groups is 1. The van der Waals surface area contributed by atoms with Crippen molar-refractivity contribution in [2.45, 2.75) is 20.3 Å². The van der Waals surface area contributed by atoms with Gasteiger partial charge in [-0.25, -0.2) is 9.82 Å². The predicted octanol–water partition coefficient (Wildman–Crippen LogP) is 2.63. The first-order valence-electron chi connectivity index (χ1n) is 7.52. The summed E-state index contributed by atoms with van der Waals surface area (Å²) in [4.78, 5) is 23.4. The van der Waals surface area contributed by atoms with Gasteiger partial charge < -0.3 is 10.4 Å². The van der Waals surface area contributed by atoms with Crippen molar-refractivity contribution >= 4 is 23.7 Å². The minimum atomic E-state index is -0.580. The molecule has 0 aliphatic carbocycles. The Morgan fingerprint density at radius 1 is 1.12 bits per heavy atom. The van der Waals surface area contributed by atoms with Gasteiger partial charge in [-0.05, 0) is 66.9 Å². The fourth-order valence-electron chi connectivity index (χ4n) is 2.17. The van der Waals surface area contributed by atoms with E-state index in [4.69, 9.17) is 0 Å². The van der Waals surface area contributed by atoms with Crippen LogP contribution in [-0.2, 0) is 9.59 Å². The summed E-state index contributed by atoms with van der Waals surface area (Å²) in [5.41, 5.74) is 4.77. The third-order valence-electron chi connectivity index (χ3n) is 3.37. The molecule has 3 N–H and O–H groups in total. The highest BCUT2D eigenvalue weighted by Gasteiger charge is 2.09. The van der Waals surface area contributed by atoms with Crippen LogP contribution in [0.1, 0.15) is 23.1 Å². The van der Waals surface area contributed by atoms with Crippen LogP contribution >= 0.6 is 0 Å². The van der Waals surface area contributed by atoms with E-state index in [2.05, 4.69) is 15.8 Å². The molecule has 2 rings (SSSR count). The SMILES string of the molecule is Cc1cc(/C=N/NC(=O)CC(=O)Nc2ccc(F)cc2)cc(C)c1O. The summed E-state index contributed by atoms with van der Waals surface area (Å²) in [5, 5.41) is 16.0. The topological polar surface area (TPSA) is 90.8 Å². The number of aryl methyl sites for hydroxylation is 2. The molecule has 2 aromatic rings. The Balaban J connectivity index is 1.85. The van der Waals surface area contributed by atoms with Crippen LogP contribution in [0.15, 0.2) is 41.5 Å². The Hall–Kier alpha value is -3.22. The lowest BCUT2D eigenvalue weighted by Crippen LogP contribution is -2.24. The minimum Gasteiger partial charge on any atom is -0.507 e. The molecule has 0 unspecified atom stereocenters. The van der Waals surface area contributed by atoms with Crippen LogP contribution in [0.3, 0.4) is 0 Å². The summed E-state index contributed by atoms with van der Waals surface area (Å²) in [6.45, 7) is 3.52. The summed E-state index contributed by atoms with van der Waals surface area (Å²) in [7, 11) is 0. The Morgan fingerprint density at radius 2 is 1.72 bits per heavy atom. The number of benzene rings is 2. The normalized spacial score (nSPS) is 10.7. The van der Waals surface area contributed by atoms with Gasteiger partial charge >= 0.3 is 0 Å². The third kappa shape index (κ3) is 5.42. The maximum absolute atomic E-state index is 12.8. The zero-order valence-corrected chi connectivity index (χ0v) is 13.8. The van der Waals surface area contributed by atoms with Gasteiger partial charge in [-0.3, -0.25) is 9.59 Å². The first kappa shape index (κ1) is 18.1. The van der Waals surface area contributed by atoms with Crippen LogP contribution < -0.4 is 10.7 Å². The number of hydrogen-bond donors (Lipinski definition) is 3. The number of rotatable bonds is 5. The molecule has 130 valence electrons. The van der Waals surface area contributed by atoms with Gasteiger partial charge in [0.2, 0.25) is 11.8 Å². The van der Waals surface area contributed by atoms with Crippen molar-refractivity contribution in [1.29, 1.82) is 0 Å². The Morgan fingerprint density at radius 3 is 2.32 bits per heavy atom. The van der Waals surface area contributed by atoms with E-state index in [1.54, 1.807) is 26.0 Å². The molecule has 0 bridgehead atoms. The second-order valence-corrected chi connectivity index (χ2v) is 5.53. The molecule has 7 heteroatoms. The van der Waals surface area contributed by atoms with Crippen molar-refractivity contribution in [3.8, 4) is 5.75 Å². The van der Waals surface area contributed by atoms with E-state index in [1.165, 1.54) is 30.5 Å². The summed E-state index contributed by atoms with van der Waals surface area (Å²) >= 11 is 0. The quantitative estimate of drug-likeness (QED) is 0.443. The summed E-state index contributed by atoms with van der Waals surface area (Å²) in [6, 6.07) is 8.67. The van der Waals surface area contributed by atoms with E-state index in [1.807, 2.05) is 0 Å². The lowest BCUT2D eigenvalue weighted by atomic mass is 10.1. The highest BCUT2D eigenvalue weighted by Crippen LogP contribution is 2.21. The lowest BCUT2D eigenvalue weighted by molar-refractivity contribution is -0.126. The number of hydrazone groups is 1. The average molecular weight is 343 g/mol. The van der Waals surface area contributed by atoms with Gasteiger partial charge in [-0.15, -0.1) is 0 Å². The smallest absolute Gasteiger partial charge is 0.249 e. The van der Waals surface area contributed by atoms with Gasteiger partial charge in [0.15, 0.2) is 0 Å². The number of amides is 2. The van der Waals surface area contributed by atoms with Gasteiger partial charge in [-0.2, -0.15) is 5.10 Å². The molecule has 25 heavy (non-hydrogen) atoms. The molecule has 0 spiro atoms. The van der Waals surface area contributed by atoms with Crippen molar-refractivity contribution in [2.75, 3.05) is 5.32 Å². The maximum atomic E-state index is 12.8. The molecule has 0 aliphatic rings. The van der Waals surface area contributed by atoms with E-state index < -0.39 is 24.1 Å².